The van der Waals surface area contributed by atoms with Crippen LogP contribution in [-0.4, -0.2) is 79.2 Å². The van der Waals surface area contributed by atoms with Crippen molar-refractivity contribution in [2.75, 3.05) is 33.9 Å². The number of rotatable bonds is 18. The van der Waals surface area contributed by atoms with E-state index < -0.39 is 29.5 Å². The first kappa shape index (κ1) is 36.4. The Balaban J connectivity index is 1.66. The van der Waals surface area contributed by atoms with E-state index in [4.69, 9.17) is 38.2 Å². The Bertz CT molecular complexity index is 1660. The van der Waals surface area contributed by atoms with Crippen LogP contribution in [0.1, 0.15) is 56.3 Å². The molecule has 1 fully saturated rings. The number of nitrogens with zero attached hydrogens (tertiary/aromatic N) is 2. The van der Waals surface area contributed by atoms with Gasteiger partial charge in [0.2, 0.25) is 13.6 Å². The minimum Gasteiger partial charge on any atom is -0.497 e. The summed E-state index contributed by atoms with van der Waals surface area (Å²) in [7, 11) is -0.107. The highest BCUT2D eigenvalue weighted by molar-refractivity contribution is 8.10. The van der Waals surface area contributed by atoms with Crippen LogP contribution in [0.4, 0.5) is 0 Å². The molecular formula is C35H46N2O10SSi. The Labute approximate surface area is 292 Å². The van der Waals surface area contributed by atoms with E-state index in [1.54, 1.807) is 42.1 Å². The molecule has 0 amide bonds. The van der Waals surface area contributed by atoms with E-state index in [1.165, 1.54) is 18.9 Å². The normalized spacial score (nSPS) is 20.1. The second kappa shape index (κ2) is 14.9. The van der Waals surface area contributed by atoms with Crippen LogP contribution in [0.15, 0.2) is 42.6 Å². The third-order valence-electron chi connectivity index (χ3n) is 8.93. The van der Waals surface area contributed by atoms with Gasteiger partial charge in [0, 0.05) is 30.2 Å². The summed E-state index contributed by atoms with van der Waals surface area (Å²) in [6, 6.07) is 10.6. The zero-order valence-corrected chi connectivity index (χ0v) is 31.0. The van der Waals surface area contributed by atoms with E-state index in [0.717, 1.165) is 18.4 Å². The standard InChI is InChI=1S/C35H46N2O10SSi/c1-8-10-11-31-36-19-30(37(31)47-22-44-23(3)49(5,6)7)35(26-14-13-25(41-4)17-28(26)43-20-32(38)42-9-2)34(48-35,33(39)40)18-24-12-15-27-29(16-24)46-21-45-27/h12-17,19,23H,8-11,18,20-22H2,1-7H3,(H,39,40). The topological polar surface area (TPSA) is 137 Å². The maximum atomic E-state index is 13.7. The first-order chi connectivity index (χ1) is 23.4. The first-order valence-electron chi connectivity index (χ1n) is 16.5. The summed E-state index contributed by atoms with van der Waals surface area (Å²) < 4.78 is 32.9. The van der Waals surface area contributed by atoms with Gasteiger partial charge in [0.15, 0.2) is 18.1 Å². The van der Waals surface area contributed by atoms with Crippen LogP contribution in [0.3, 0.4) is 0 Å². The minimum atomic E-state index is -1.63. The molecule has 14 heteroatoms. The molecule has 3 unspecified atom stereocenters. The van der Waals surface area contributed by atoms with Gasteiger partial charge in [-0.25, -0.2) is 9.78 Å². The van der Waals surface area contributed by atoms with Gasteiger partial charge in [0.25, 0.3) is 0 Å². The molecule has 0 bridgehead atoms. The number of aromatic nitrogens is 2. The fourth-order valence-corrected chi connectivity index (χ4v) is 8.01. The van der Waals surface area contributed by atoms with Crippen LogP contribution in [0, 0.1) is 0 Å². The molecule has 266 valence electrons. The van der Waals surface area contributed by atoms with E-state index in [9.17, 15) is 14.7 Å². The van der Waals surface area contributed by atoms with Crippen molar-refractivity contribution in [1.82, 2.24) is 9.71 Å². The van der Waals surface area contributed by atoms with Crippen LogP contribution in [0.2, 0.25) is 19.6 Å². The molecule has 49 heavy (non-hydrogen) atoms. The van der Waals surface area contributed by atoms with E-state index in [-0.39, 0.29) is 44.7 Å². The number of fused-ring (bicyclic) bond motifs is 1. The van der Waals surface area contributed by atoms with Gasteiger partial charge in [-0.15, -0.1) is 11.8 Å². The molecule has 1 N–H and O–H groups in total. The van der Waals surface area contributed by atoms with Crippen LogP contribution in [0.5, 0.6) is 23.0 Å². The molecule has 3 atom stereocenters. The summed E-state index contributed by atoms with van der Waals surface area (Å²) in [5.74, 6) is 0.977. The second-order valence-corrected chi connectivity index (χ2v) is 20.2. The fourth-order valence-electron chi connectivity index (χ4n) is 5.75. The van der Waals surface area contributed by atoms with Crippen molar-refractivity contribution in [1.29, 1.82) is 0 Å². The van der Waals surface area contributed by atoms with Crippen molar-refractivity contribution >= 4 is 31.8 Å². The highest BCUT2D eigenvalue weighted by Gasteiger charge is 2.78. The van der Waals surface area contributed by atoms with Gasteiger partial charge in [-0.05, 0) is 50.1 Å². The molecule has 2 aliphatic heterocycles. The predicted molar refractivity (Wildman–Crippen MR) is 186 cm³/mol. The summed E-state index contributed by atoms with van der Waals surface area (Å²) in [5, 5.41) is 11.2. The Kier molecular flexibility index (Phi) is 11.1. The molecule has 1 aromatic heterocycles. The number of benzene rings is 2. The van der Waals surface area contributed by atoms with E-state index in [1.807, 2.05) is 19.1 Å². The molecule has 0 radical (unpaired) electrons. The molecule has 0 saturated carbocycles. The zero-order chi connectivity index (χ0) is 35.4. The maximum Gasteiger partial charge on any atom is 0.344 e. The summed E-state index contributed by atoms with van der Waals surface area (Å²) in [4.78, 5) is 37.3. The molecule has 3 aromatic rings. The minimum absolute atomic E-state index is 0.0106. The van der Waals surface area contributed by atoms with Gasteiger partial charge in [-0.3, -0.25) is 4.79 Å². The average molecular weight is 715 g/mol. The van der Waals surface area contributed by atoms with Crippen LogP contribution in [0.25, 0.3) is 0 Å². The van der Waals surface area contributed by atoms with Crippen molar-refractivity contribution in [3.63, 3.8) is 0 Å². The Morgan fingerprint density at radius 2 is 1.90 bits per heavy atom. The predicted octanol–water partition coefficient (Wildman–Crippen LogP) is 5.63. The number of aryl methyl sites for hydroxylation is 1. The van der Waals surface area contributed by atoms with Gasteiger partial charge < -0.3 is 38.4 Å². The van der Waals surface area contributed by atoms with Gasteiger partial charge in [0.05, 0.1) is 28.0 Å². The third-order valence-corrected chi connectivity index (χ3v) is 13.4. The number of carboxylic acids is 1. The quantitative estimate of drug-likeness (QED) is 0.0757. The molecule has 12 nitrogen and oxygen atoms in total. The number of carbonyl (C=O) groups excluding carboxylic acids is 1. The number of unbranched alkanes of at least 4 members (excludes halogenated alkanes) is 1. The van der Waals surface area contributed by atoms with Crippen LogP contribution < -0.4 is 23.8 Å². The third kappa shape index (κ3) is 7.36. The Hall–Kier alpha value is -3.88. The number of aliphatic carboxylic acids is 1. The summed E-state index contributed by atoms with van der Waals surface area (Å²) >= 11 is 1.26. The molecule has 5 rings (SSSR count). The summed E-state index contributed by atoms with van der Waals surface area (Å²) in [5.41, 5.74) is 1.79. The van der Waals surface area contributed by atoms with Gasteiger partial charge in [-0.1, -0.05) is 39.1 Å². The number of esters is 1. The van der Waals surface area contributed by atoms with Crippen molar-refractivity contribution in [2.45, 2.75) is 81.3 Å². The molecule has 0 spiro atoms. The van der Waals surface area contributed by atoms with Crippen molar-refractivity contribution in [3.05, 3.63) is 65.2 Å². The largest absolute Gasteiger partial charge is 0.497 e. The molecule has 3 heterocycles. The van der Waals surface area contributed by atoms with E-state index in [0.29, 0.717) is 40.8 Å². The van der Waals surface area contributed by atoms with Crippen molar-refractivity contribution in [3.8, 4) is 23.0 Å². The van der Waals surface area contributed by atoms with Crippen LogP contribution in [-0.2, 0) is 36.7 Å². The SMILES string of the molecule is CCCCc1ncc(C2(c3ccc(OC)cc3OCC(=O)OCC)SC2(Cc2ccc3c(c2)OCO3)C(=O)O)n1OCOC(C)[Si](C)(C)C. The second-order valence-electron chi connectivity index (χ2n) is 13.1. The Morgan fingerprint density at radius 3 is 2.59 bits per heavy atom. The van der Waals surface area contributed by atoms with Gasteiger partial charge in [-0.2, -0.15) is 4.73 Å². The molecule has 2 aliphatic rings. The zero-order valence-electron chi connectivity index (χ0n) is 29.2. The highest BCUT2D eigenvalue weighted by Crippen LogP contribution is 2.75. The highest BCUT2D eigenvalue weighted by atomic mass is 32.2. The number of hydrogen-bond acceptors (Lipinski definition) is 11. The lowest BCUT2D eigenvalue weighted by atomic mass is 9.79. The molecular weight excluding hydrogens is 669 g/mol. The molecule has 0 aliphatic carbocycles. The fraction of sp³-hybridized carbons (Fsp3) is 0.514. The smallest absolute Gasteiger partial charge is 0.344 e. The van der Waals surface area contributed by atoms with Crippen LogP contribution >= 0.6 is 11.8 Å². The number of hydrogen-bond donors (Lipinski definition) is 1. The monoisotopic (exact) mass is 714 g/mol. The number of carboxylic acid groups (broad SMARTS) is 1. The summed E-state index contributed by atoms with van der Waals surface area (Å²) in [6.45, 7) is 12.4. The summed E-state index contributed by atoms with van der Waals surface area (Å²) in [6.07, 6.45) is 4.19. The van der Waals surface area contributed by atoms with E-state index >= 15 is 0 Å². The number of thioether (sulfide) groups is 1. The number of imidazole rings is 1. The molecule has 1 saturated heterocycles. The Morgan fingerprint density at radius 1 is 1.12 bits per heavy atom. The number of carbonyl (C=O) groups is 2. The number of methoxy groups -OCH3 is 1. The lowest BCUT2D eigenvalue weighted by Crippen LogP contribution is -2.40. The first-order valence-corrected chi connectivity index (χ1v) is 20.9. The number of ether oxygens (including phenoxy) is 6. The molecule has 2 aromatic carbocycles. The lowest BCUT2D eigenvalue weighted by Gasteiger charge is -2.27. The van der Waals surface area contributed by atoms with Crippen molar-refractivity contribution in [2.24, 2.45) is 0 Å². The van der Waals surface area contributed by atoms with Gasteiger partial charge >= 0.3 is 11.9 Å². The van der Waals surface area contributed by atoms with Gasteiger partial charge in [0.1, 0.15) is 32.5 Å². The lowest BCUT2D eigenvalue weighted by molar-refractivity contribution is -0.145. The van der Waals surface area contributed by atoms with Crippen molar-refractivity contribution < 1.29 is 48.0 Å². The van der Waals surface area contributed by atoms with E-state index in [2.05, 4.69) is 26.6 Å². The maximum absolute atomic E-state index is 13.7. The average Bonchev–Trinajstić information content (AvgIpc) is 3.32.